The van der Waals surface area contributed by atoms with E-state index < -0.39 is 6.80 Å². The molecular formula is C8H18FO2PS. The minimum absolute atomic E-state index is 0.246. The third-order valence-corrected chi connectivity index (χ3v) is 2.57. The predicted octanol–water partition coefficient (Wildman–Crippen LogP) is 3.55. The van der Waals surface area contributed by atoms with Gasteiger partial charge in [0.15, 0.2) is 0 Å². The van der Waals surface area contributed by atoms with Gasteiger partial charge in [-0.05, 0) is 18.2 Å². The van der Waals surface area contributed by atoms with Crippen LogP contribution in [0.2, 0.25) is 0 Å². The molecule has 0 bridgehead atoms. The average Bonchev–Trinajstić information content (AvgIpc) is 2.01. The van der Waals surface area contributed by atoms with Crippen LogP contribution in [0.15, 0.2) is 0 Å². The quantitative estimate of drug-likeness (QED) is 0.509. The van der Waals surface area contributed by atoms with Crippen molar-refractivity contribution < 1.29 is 13.6 Å². The van der Waals surface area contributed by atoms with Crippen LogP contribution in [-0.2, 0) is 16.3 Å². The van der Waals surface area contributed by atoms with Gasteiger partial charge in [-0.15, -0.1) is 0 Å². The standard InChI is InChI=1S/C8H18FO2PS/c1-2-3-4-5-6-7-8-11-12(9,10)13/h2-8H2,1H3,(H,10,13). The Bertz CT molecular complexity index is 160. The normalized spacial score (nSPS) is 15.6. The van der Waals surface area contributed by atoms with Crippen molar-refractivity contribution in [3.05, 3.63) is 0 Å². The summed E-state index contributed by atoms with van der Waals surface area (Å²) in [6.45, 7) is -1.49. The summed E-state index contributed by atoms with van der Waals surface area (Å²) >= 11 is 4.08. The van der Waals surface area contributed by atoms with Crippen molar-refractivity contribution in [1.82, 2.24) is 0 Å². The Kier molecular flexibility index (Phi) is 8.17. The fourth-order valence-electron chi connectivity index (χ4n) is 1.06. The van der Waals surface area contributed by atoms with Gasteiger partial charge < -0.3 is 9.42 Å². The van der Waals surface area contributed by atoms with Crippen molar-refractivity contribution in [2.75, 3.05) is 6.61 Å². The Morgan fingerprint density at radius 2 is 1.77 bits per heavy atom. The highest BCUT2D eigenvalue weighted by Crippen LogP contribution is 2.43. The van der Waals surface area contributed by atoms with Crippen LogP contribution in [0.5, 0.6) is 0 Å². The van der Waals surface area contributed by atoms with Crippen LogP contribution in [0, 0.1) is 0 Å². The second-order valence-electron chi connectivity index (χ2n) is 3.05. The molecule has 0 aliphatic carbocycles. The van der Waals surface area contributed by atoms with Crippen LogP contribution in [0.1, 0.15) is 45.4 Å². The van der Waals surface area contributed by atoms with Crippen molar-refractivity contribution in [3.63, 3.8) is 0 Å². The fraction of sp³-hybridized carbons (Fsp3) is 1.00. The fourth-order valence-corrected chi connectivity index (χ4v) is 1.64. The zero-order valence-electron chi connectivity index (χ0n) is 8.04. The van der Waals surface area contributed by atoms with Crippen molar-refractivity contribution in [2.45, 2.75) is 45.4 Å². The van der Waals surface area contributed by atoms with Gasteiger partial charge in [-0.25, -0.2) is 0 Å². The highest BCUT2D eigenvalue weighted by molar-refractivity contribution is 8.06. The van der Waals surface area contributed by atoms with Crippen molar-refractivity contribution in [1.29, 1.82) is 0 Å². The minimum Gasteiger partial charge on any atom is -0.321 e. The summed E-state index contributed by atoms with van der Waals surface area (Å²) in [4.78, 5) is 8.50. The van der Waals surface area contributed by atoms with Crippen LogP contribution in [0.3, 0.4) is 0 Å². The Morgan fingerprint density at radius 1 is 1.23 bits per heavy atom. The molecule has 13 heavy (non-hydrogen) atoms. The lowest BCUT2D eigenvalue weighted by Crippen LogP contribution is -1.89. The number of rotatable bonds is 8. The molecule has 0 saturated carbocycles. The third kappa shape index (κ3) is 12.5. The van der Waals surface area contributed by atoms with Gasteiger partial charge in [0.1, 0.15) is 0 Å². The molecule has 1 N–H and O–H groups in total. The lowest BCUT2D eigenvalue weighted by Gasteiger charge is -2.05. The van der Waals surface area contributed by atoms with E-state index in [0.717, 1.165) is 19.3 Å². The Labute approximate surface area is 84.8 Å². The van der Waals surface area contributed by atoms with Crippen LogP contribution in [-0.4, -0.2) is 11.5 Å². The van der Waals surface area contributed by atoms with Gasteiger partial charge in [-0.2, -0.15) is 4.20 Å². The van der Waals surface area contributed by atoms with Gasteiger partial charge in [0.05, 0.1) is 6.61 Å². The molecule has 2 nitrogen and oxygen atoms in total. The van der Waals surface area contributed by atoms with E-state index in [1.54, 1.807) is 0 Å². The molecule has 0 aliphatic rings. The molecule has 0 spiro atoms. The molecule has 0 heterocycles. The topological polar surface area (TPSA) is 29.5 Å². The highest BCUT2D eigenvalue weighted by Gasteiger charge is 2.09. The maximum Gasteiger partial charge on any atom is 0.363 e. The molecule has 80 valence electrons. The molecule has 0 aromatic carbocycles. The van der Waals surface area contributed by atoms with Gasteiger partial charge >= 0.3 is 6.80 Å². The molecule has 1 atom stereocenters. The lowest BCUT2D eigenvalue weighted by molar-refractivity contribution is 0.271. The van der Waals surface area contributed by atoms with Gasteiger partial charge in [0.2, 0.25) is 0 Å². The Morgan fingerprint density at radius 3 is 2.31 bits per heavy atom. The zero-order chi connectivity index (χ0) is 10.2. The summed E-state index contributed by atoms with van der Waals surface area (Å²) in [5, 5.41) is 0. The van der Waals surface area contributed by atoms with Crippen molar-refractivity contribution in [3.8, 4) is 0 Å². The first-order valence-corrected chi connectivity index (χ1v) is 7.29. The third-order valence-electron chi connectivity index (χ3n) is 1.75. The summed E-state index contributed by atoms with van der Waals surface area (Å²) in [6.07, 6.45) is 6.65. The van der Waals surface area contributed by atoms with Gasteiger partial charge in [-0.3, -0.25) is 0 Å². The monoisotopic (exact) mass is 228 g/mol. The second kappa shape index (κ2) is 7.86. The molecule has 0 aromatic rings. The molecular weight excluding hydrogens is 210 g/mol. The molecule has 5 heteroatoms. The Hall–Kier alpha value is 0.500. The zero-order valence-corrected chi connectivity index (χ0v) is 9.75. The minimum atomic E-state index is -3.89. The highest BCUT2D eigenvalue weighted by atomic mass is 32.5. The maximum atomic E-state index is 12.3. The first-order chi connectivity index (χ1) is 6.06. The van der Waals surface area contributed by atoms with E-state index in [9.17, 15) is 4.20 Å². The van der Waals surface area contributed by atoms with E-state index >= 15 is 0 Å². The van der Waals surface area contributed by atoms with E-state index in [2.05, 4.69) is 23.3 Å². The summed E-state index contributed by atoms with van der Waals surface area (Å²) < 4.78 is 16.7. The van der Waals surface area contributed by atoms with Gasteiger partial charge in [0.25, 0.3) is 0 Å². The van der Waals surface area contributed by atoms with E-state index in [-0.39, 0.29) is 6.61 Å². The summed E-state index contributed by atoms with van der Waals surface area (Å²) in [6, 6.07) is 0. The number of hydrogen-bond donors (Lipinski definition) is 1. The summed E-state index contributed by atoms with van der Waals surface area (Å²) in [7, 11) is 0. The van der Waals surface area contributed by atoms with E-state index in [1.807, 2.05) is 0 Å². The van der Waals surface area contributed by atoms with Crippen LogP contribution < -0.4 is 0 Å². The first kappa shape index (κ1) is 13.5. The molecule has 0 aromatic heterocycles. The lowest BCUT2D eigenvalue weighted by atomic mass is 10.1. The molecule has 0 fully saturated rings. The summed E-state index contributed by atoms with van der Waals surface area (Å²) in [5.74, 6) is 0. The van der Waals surface area contributed by atoms with Crippen molar-refractivity contribution >= 4 is 18.6 Å². The largest absolute Gasteiger partial charge is 0.363 e. The second-order valence-corrected chi connectivity index (χ2v) is 5.56. The molecule has 0 aliphatic heterocycles. The van der Waals surface area contributed by atoms with Crippen LogP contribution >= 0.6 is 6.80 Å². The van der Waals surface area contributed by atoms with E-state index in [0.29, 0.717) is 0 Å². The van der Waals surface area contributed by atoms with E-state index in [1.165, 1.54) is 19.3 Å². The SMILES string of the molecule is CCCCCCCCOP(O)(F)=S. The maximum absolute atomic E-state index is 12.3. The molecule has 0 rings (SSSR count). The average molecular weight is 228 g/mol. The first-order valence-electron chi connectivity index (χ1n) is 4.73. The molecule has 0 amide bonds. The smallest absolute Gasteiger partial charge is 0.321 e. The molecule has 1 unspecified atom stereocenters. The van der Waals surface area contributed by atoms with E-state index in [4.69, 9.17) is 4.89 Å². The predicted molar refractivity (Wildman–Crippen MR) is 56.9 cm³/mol. The number of halogens is 1. The summed E-state index contributed by atoms with van der Waals surface area (Å²) in [5.41, 5.74) is 0. The van der Waals surface area contributed by atoms with Gasteiger partial charge in [-0.1, -0.05) is 39.0 Å². The molecule has 0 saturated heterocycles. The van der Waals surface area contributed by atoms with Gasteiger partial charge in [0, 0.05) is 0 Å². The van der Waals surface area contributed by atoms with Crippen LogP contribution in [0.4, 0.5) is 4.20 Å². The number of unbranched alkanes of at least 4 members (excludes halogenated alkanes) is 5. The Balaban J connectivity index is 3.04. The molecule has 0 radical (unpaired) electrons. The number of hydrogen-bond acceptors (Lipinski definition) is 2. The van der Waals surface area contributed by atoms with Crippen molar-refractivity contribution in [2.24, 2.45) is 0 Å². The van der Waals surface area contributed by atoms with Crippen LogP contribution in [0.25, 0.3) is 0 Å².